The molecule has 2 saturated carbocycles. The lowest BCUT2D eigenvalue weighted by Crippen LogP contribution is -2.44. The Balaban J connectivity index is 1.74. The summed E-state index contributed by atoms with van der Waals surface area (Å²) in [5, 5.41) is 10.2. The SMILES string of the molecule is Cc1nc2cccc(OC3(C)CC4CC(C)CC(C4)C3)c2c(N)c1C(=O)O. The Kier molecular flexibility index (Phi) is 4.28. The second-order valence-corrected chi connectivity index (χ2v) is 8.95. The summed E-state index contributed by atoms with van der Waals surface area (Å²) >= 11 is 0. The van der Waals surface area contributed by atoms with Crippen LogP contribution in [0.4, 0.5) is 5.69 Å². The summed E-state index contributed by atoms with van der Waals surface area (Å²) < 4.78 is 6.57. The largest absolute Gasteiger partial charge is 0.487 e. The van der Waals surface area contributed by atoms with E-state index in [1.165, 1.54) is 19.3 Å². The number of rotatable bonds is 3. The summed E-state index contributed by atoms with van der Waals surface area (Å²) in [6, 6.07) is 5.65. The Morgan fingerprint density at radius 2 is 1.93 bits per heavy atom. The van der Waals surface area contributed by atoms with E-state index in [0.717, 1.165) is 18.8 Å². The van der Waals surface area contributed by atoms with Gasteiger partial charge >= 0.3 is 5.97 Å². The molecule has 2 aromatic rings. The number of nitrogens with zero attached hydrogens (tertiary/aromatic N) is 1. The standard InChI is InChI=1S/C22H28N2O3/c1-12-7-14-9-15(8-12)11-22(3,10-14)27-17-6-4-5-16-19(17)20(23)18(21(25)26)13(2)24-16/h4-6,12,14-15H,7-11H2,1-3H3,(H2,23,24)(H,25,26). The van der Waals surface area contributed by atoms with E-state index in [0.29, 0.717) is 34.2 Å². The Morgan fingerprint density at radius 1 is 1.26 bits per heavy atom. The Hall–Kier alpha value is -2.30. The van der Waals surface area contributed by atoms with Crippen molar-refractivity contribution in [3.8, 4) is 5.75 Å². The van der Waals surface area contributed by atoms with Crippen molar-refractivity contribution in [1.82, 2.24) is 4.98 Å². The van der Waals surface area contributed by atoms with Crippen LogP contribution in [0.2, 0.25) is 0 Å². The molecule has 2 fully saturated rings. The molecule has 144 valence electrons. The average Bonchev–Trinajstić information content (AvgIpc) is 2.52. The monoisotopic (exact) mass is 368 g/mol. The van der Waals surface area contributed by atoms with Gasteiger partial charge in [-0.25, -0.2) is 4.79 Å². The van der Waals surface area contributed by atoms with Gasteiger partial charge in [-0.2, -0.15) is 0 Å². The van der Waals surface area contributed by atoms with Crippen LogP contribution in [-0.2, 0) is 0 Å². The molecule has 1 heterocycles. The van der Waals surface area contributed by atoms with E-state index < -0.39 is 5.97 Å². The first kappa shape index (κ1) is 18.1. The second kappa shape index (κ2) is 6.39. The molecule has 2 atom stereocenters. The van der Waals surface area contributed by atoms with Crippen molar-refractivity contribution in [2.75, 3.05) is 5.73 Å². The van der Waals surface area contributed by atoms with Gasteiger partial charge in [-0.15, -0.1) is 0 Å². The molecular weight excluding hydrogens is 340 g/mol. The molecule has 2 unspecified atom stereocenters. The van der Waals surface area contributed by atoms with Crippen LogP contribution in [-0.4, -0.2) is 21.7 Å². The maximum absolute atomic E-state index is 11.7. The van der Waals surface area contributed by atoms with E-state index in [1.807, 2.05) is 18.2 Å². The number of carbonyl (C=O) groups is 1. The van der Waals surface area contributed by atoms with Crippen LogP contribution in [0.1, 0.15) is 62.0 Å². The van der Waals surface area contributed by atoms with E-state index >= 15 is 0 Å². The van der Waals surface area contributed by atoms with Gasteiger partial charge in [-0.1, -0.05) is 13.0 Å². The molecule has 0 radical (unpaired) electrons. The summed E-state index contributed by atoms with van der Waals surface area (Å²) in [7, 11) is 0. The zero-order valence-corrected chi connectivity index (χ0v) is 16.3. The van der Waals surface area contributed by atoms with Crippen molar-refractivity contribution in [1.29, 1.82) is 0 Å². The molecule has 0 spiro atoms. The lowest BCUT2D eigenvalue weighted by atomic mass is 9.64. The number of carboxylic acid groups (broad SMARTS) is 1. The summed E-state index contributed by atoms with van der Waals surface area (Å²) in [5.74, 6) is 1.81. The van der Waals surface area contributed by atoms with Crippen LogP contribution in [0.5, 0.6) is 5.75 Å². The number of nitrogens with two attached hydrogens (primary N) is 1. The lowest BCUT2D eigenvalue weighted by Gasteiger charge is -2.47. The third kappa shape index (κ3) is 3.24. The van der Waals surface area contributed by atoms with Gasteiger partial charge < -0.3 is 15.6 Å². The van der Waals surface area contributed by atoms with Crippen LogP contribution in [0, 0.1) is 24.7 Å². The molecule has 27 heavy (non-hydrogen) atoms. The maximum atomic E-state index is 11.7. The first-order valence-electron chi connectivity index (χ1n) is 9.87. The van der Waals surface area contributed by atoms with Gasteiger partial charge in [-0.05, 0) is 75.8 Å². The van der Waals surface area contributed by atoms with Gasteiger partial charge in [0.25, 0.3) is 0 Å². The number of nitrogen functional groups attached to an aromatic ring is 1. The number of anilines is 1. The number of ether oxygens (including phenoxy) is 1. The fourth-order valence-electron chi connectivity index (χ4n) is 5.68. The molecule has 5 heteroatoms. The minimum atomic E-state index is -1.05. The van der Waals surface area contributed by atoms with Crippen LogP contribution < -0.4 is 10.5 Å². The fraction of sp³-hybridized carbons (Fsp3) is 0.545. The number of aromatic carboxylic acids is 1. The van der Waals surface area contributed by atoms with Crippen LogP contribution in [0.25, 0.3) is 10.9 Å². The summed E-state index contributed by atoms with van der Waals surface area (Å²) in [4.78, 5) is 16.1. The summed E-state index contributed by atoms with van der Waals surface area (Å²) in [6.45, 7) is 6.23. The lowest BCUT2D eigenvalue weighted by molar-refractivity contribution is -0.0261. The fourth-order valence-corrected chi connectivity index (χ4v) is 5.68. The number of carboxylic acids is 1. The number of hydrogen-bond donors (Lipinski definition) is 2. The molecule has 4 rings (SSSR count). The Morgan fingerprint density at radius 3 is 2.56 bits per heavy atom. The van der Waals surface area contributed by atoms with E-state index in [1.54, 1.807) is 6.92 Å². The molecule has 3 N–H and O–H groups in total. The smallest absolute Gasteiger partial charge is 0.339 e. The highest BCUT2D eigenvalue weighted by atomic mass is 16.5. The second-order valence-electron chi connectivity index (χ2n) is 8.95. The molecule has 0 amide bonds. The number of aryl methyl sites for hydroxylation is 1. The zero-order chi connectivity index (χ0) is 19.3. The minimum Gasteiger partial charge on any atom is -0.487 e. The van der Waals surface area contributed by atoms with Crippen molar-refractivity contribution >= 4 is 22.6 Å². The number of pyridine rings is 1. The third-order valence-electron chi connectivity index (χ3n) is 6.34. The number of benzene rings is 1. The van der Waals surface area contributed by atoms with Gasteiger partial charge in [0.15, 0.2) is 0 Å². The third-order valence-corrected chi connectivity index (χ3v) is 6.34. The highest BCUT2D eigenvalue weighted by molar-refractivity contribution is 6.06. The van der Waals surface area contributed by atoms with Crippen molar-refractivity contribution in [3.63, 3.8) is 0 Å². The van der Waals surface area contributed by atoms with Crippen LogP contribution >= 0.6 is 0 Å². The highest BCUT2D eigenvalue weighted by Gasteiger charge is 2.42. The van der Waals surface area contributed by atoms with Crippen molar-refractivity contribution in [2.45, 2.75) is 58.5 Å². The summed E-state index contributed by atoms with van der Waals surface area (Å²) in [6.07, 6.45) is 5.93. The zero-order valence-electron chi connectivity index (χ0n) is 16.3. The van der Waals surface area contributed by atoms with Crippen LogP contribution in [0.15, 0.2) is 18.2 Å². The Labute approximate surface area is 159 Å². The number of fused-ring (bicyclic) bond motifs is 3. The van der Waals surface area contributed by atoms with E-state index in [9.17, 15) is 9.90 Å². The molecule has 1 aromatic heterocycles. The molecule has 2 aliphatic carbocycles. The van der Waals surface area contributed by atoms with Gasteiger partial charge in [0.2, 0.25) is 0 Å². The van der Waals surface area contributed by atoms with Crippen molar-refractivity contribution in [2.24, 2.45) is 17.8 Å². The van der Waals surface area contributed by atoms with E-state index in [-0.39, 0.29) is 16.9 Å². The van der Waals surface area contributed by atoms with Gasteiger partial charge in [0, 0.05) is 0 Å². The topological polar surface area (TPSA) is 85.4 Å². The molecule has 1 aromatic carbocycles. The average molecular weight is 368 g/mol. The van der Waals surface area contributed by atoms with E-state index in [4.69, 9.17) is 10.5 Å². The van der Waals surface area contributed by atoms with Gasteiger partial charge in [0.05, 0.1) is 22.3 Å². The quantitative estimate of drug-likeness (QED) is 0.812. The van der Waals surface area contributed by atoms with E-state index in [2.05, 4.69) is 18.8 Å². The molecule has 2 aliphatic rings. The molecular formula is C22H28N2O3. The van der Waals surface area contributed by atoms with Crippen molar-refractivity contribution in [3.05, 3.63) is 29.5 Å². The first-order valence-corrected chi connectivity index (χ1v) is 9.87. The Bertz CT molecular complexity index is 890. The van der Waals surface area contributed by atoms with Gasteiger partial charge in [-0.3, -0.25) is 4.98 Å². The number of hydrogen-bond acceptors (Lipinski definition) is 4. The maximum Gasteiger partial charge on any atom is 0.339 e. The molecule has 2 bridgehead atoms. The number of aromatic nitrogens is 1. The predicted molar refractivity (Wildman–Crippen MR) is 106 cm³/mol. The summed E-state index contributed by atoms with van der Waals surface area (Å²) in [5.41, 5.74) is 7.45. The predicted octanol–water partition coefficient (Wildman–Crippen LogP) is 4.81. The normalized spacial score (nSPS) is 30.3. The molecule has 0 aliphatic heterocycles. The van der Waals surface area contributed by atoms with Gasteiger partial charge in [0.1, 0.15) is 16.9 Å². The minimum absolute atomic E-state index is 0.0676. The highest BCUT2D eigenvalue weighted by Crippen LogP contribution is 2.48. The molecule has 0 saturated heterocycles. The van der Waals surface area contributed by atoms with Crippen LogP contribution in [0.3, 0.4) is 0 Å². The first-order chi connectivity index (χ1) is 12.8. The molecule has 5 nitrogen and oxygen atoms in total. The van der Waals surface area contributed by atoms with Crippen molar-refractivity contribution < 1.29 is 14.6 Å².